The predicted octanol–water partition coefficient (Wildman–Crippen LogP) is 1.25. The van der Waals surface area contributed by atoms with E-state index in [4.69, 9.17) is 4.74 Å². The van der Waals surface area contributed by atoms with Crippen LogP contribution in [0.1, 0.15) is 37.7 Å². The Bertz CT molecular complexity index is 754. The van der Waals surface area contributed by atoms with Crippen molar-refractivity contribution in [3.63, 3.8) is 0 Å². The quantitative estimate of drug-likeness (QED) is 0.757. The minimum Gasteiger partial charge on any atom is -0.368 e. The molecule has 27 heavy (non-hydrogen) atoms. The minimum absolute atomic E-state index is 0.143. The van der Waals surface area contributed by atoms with Gasteiger partial charge in [-0.05, 0) is 56.5 Å². The number of carbonyl (C=O) groups excluding carboxylic acids is 1. The number of hydrogen-bond acceptors (Lipinski definition) is 5. The topological polar surface area (TPSA) is 87.7 Å². The first-order valence-corrected chi connectivity index (χ1v) is 11.1. The molecule has 2 fully saturated rings. The molecule has 0 radical (unpaired) electrons. The van der Waals surface area contributed by atoms with Crippen molar-refractivity contribution in [2.75, 3.05) is 33.3 Å². The Morgan fingerprint density at radius 3 is 2.59 bits per heavy atom. The molecule has 7 nitrogen and oxygen atoms in total. The highest BCUT2D eigenvalue weighted by atomic mass is 32.2. The molecule has 150 valence electrons. The number of nitrogens with one attached hydrogen (secondary N) is 2. The molecular weight excluding hydrogens is 366 g/mol. The maximum atomic E-state index is 12.8. The highest BCUT2D eigenvalue weighted by molar-refractivity contribution is 7.89. The molecule has 1 aromatic rings. The number of nitrogens with zero attached hydrogens (tertiary/aromatic N) is 1. The first-order valence-electron chi connectivity index (χ1n) is 9.61. The van der Waals surface area contributed by atoms with E-state index in [1.807, 2.05) is 6.07 Å². The first-order chi connectivity index (χ1) is 13.0. The summed E-state index contributed by atoms with van der Waals surface area (Å²) in [5.74, 6) is -0.143. The third kappa shape index (κ3) is 4.51. The summed E-state index contributed by atoms with van der Waals surface area (Å²) >= 11 is 0. The van der Waals surface area contributed by atoms with Crippen LogP contribution in [0.15, 0.2) is 29.2 Å². The molecule has 2 aliphatic rings. The SMILES string of the molecule is COC1(C(=O)NCc2cccc(S(=O)(=O)N3CCCCC3)c2)CCNCC1. The monoisotopic (exact) mass is 395 g/mol. The van der Waals surface area contributed by atoms with Crippen LogP contribution in [-0.4, -0.2) is 57.5 Å². The molecule has 0 spiro atoms. The van der Waals surface area contributed by atoms with Crippen molar-refractivity contribution in [2.45, 2.75) is 49.1 Å². The zero-order valence-electron chi connectivity index (χ0n) is 15.9. The summed E-state index contributed by atoms with van der Waals surface area (Å²) in [6.45, 7) is 2.91. The first kappa shape index (κ1) is 20.3. The van der Waals surface area contributed by atoms with E-state index >= 15 is 0 Å². The van der Waals surface area contributed by atoms with Crippen LogP contribution in [0, 0.1) is 0 Å². The van der Waals surface area contributed by atoms with Crippen LogP contribution >= 0.6 is 0 Å². The molecule has 0 aromatic heterocycles. The van der Waals surface area contributed by atoms with Gasteiger partial charge in [-0.2, -0.15) is 4.31 Å². The van der Waals surface area contributed by atoms with Gasteiger partial charge in [0.15, 0.2) is 0 Å². The highest BCUT2D eigenvalue weighted by Gasteiger charge is 2.39. The van der Waals surface area contributed by atoms with Gasteiger partial charge < -0.3 is 15.4 Å². The summed E-state index contributed by atoms with van der Waals surface area (Å²) in [5, 5.41) is 6.14. The van der Waals surface area contributed by atoms with Gasteiger partial charge >= 0.3 is 0 Å². The van der Waals surface area contributed by atoms with Crippen molar-refractivity contribution in [3.05, 3.63) is 29.8 Å². The molecule has 2 saturated heterocycles. The van der Waals surface area contributed by atoms with E-state index in [-0.39, 0.29) is 12.5 Å². The average Bonchev–Trinajstić information content (AvgIpc) is 2.73. The van der Waals surface area contributed by atoms with Gasteiger partial charge in [0.2, 0.25) is 10.0 Å². The lowest BCUT2D eigenvalue weighted by Gasteiger charge is -2.34. The van der Waals surface area contributed by atoms with E-state index in [2.05, 4.69) is 10.6 Å². The molecule has 0 aliphatic carbocycles. The Hall–Kier alpha value is -1.48. The van der Waals surface area contributed by atoms with Crippen LogP contribution in [0.3, 0.4) is 0 Å². The molecule has 0 unspecified atom stereocenters. The molecule has 8 heteroatoms. The van der Waals surface area contributed by atoms with Gasteiger partial charge in [0, 0.05) is 26.7 Å². The Labute approximate surface area is 161 Å². The van der Waals surface area contributed by atoms with Crippen LogP contribution in [0.25, 0.3) is 0 Å². The van der Waals surface area contributed by atoms with Crippen molar-refractivity contribution in [3.8, 4) is 0 Å². The van der Waals surface area contributed by atoms with Crippen LogP contribution in [0.2, 0.25) is 0 Å². The number of amides is 1. The maximum Gasteiger partial charge on any atom is 0.252 e. The minimum atomic E-state index is -3.47. The van der Waals surface area contributed by atoms with Gasteiger partial charge in [-0.1, -0.05) is 18.6 Å². The predicted molar refractivity (Wildman–Crippen MR) is 103 cm³/mol. The summed E-state index contributed by atoms with van der Waals surface area (Å²) in [5.41, 5.74) is -0.0374. The van der Waals surface area contributed by atoms with Crippen molar-refractivity contribution >= 4 is 15.9 Å². The molecule has 0 bridgehead atoms. The van der Waals surface area contributed by atoms with Crippen LogP contribution in [-0.2, 0) is 26.1 Å². The lowest BCUT2D eigenvalue weighted by atomic mass is 9.91. The third-order valence-electron chi connectivity index (χ3n) is 5.52. The zero-order chi connectivity index (χ0) is 19.3. The van der Waals surface area contributed by atoms with Gasteiger partial charge in [0.05, 0.1) is 4.90 Å². The molecule has 0 saturated carbocycles. The van der Waals surface area contributed by atoms with E-state index in [9.17, 15) is 13.2 Å². The largest absolute Gasteiger partial charge is 0.368 e. The summed E-state index contributed by atoms with van der Waals surface area (Å²) < 4.78 is 32.8. The molecule has 1 aromatic carbocycles. The molecule has 0 atom stereocenters. The van der Waals surface area contributed by atoms with Crippen molar-refractivity contribution in [1.82, 2.24) is 14.9 Å². The Kier molecular flexibility index (Phi) is 6.52. The molecule has 2 N–H and O–H groups in total. The summed E-state index contributed by atoms with van der Waals surface area (Å²) in [6.07, 6.45) is 4.14. The molecular formula is C19H29N3O4S. The number of sulfonamides is 1. The number of ether oxygens (including phenoxy) is 1. The van der Waals surface area contributed by atoms with Crippen molar-refractivity contribution in [1.29, 1.82) is 0 Å². The van der Waals surface area contributed by atoms with E-state index in [0.29, 0.717) is 30.8 Å². The fraction of sp³-hybridized carbons (Fsp3) is 0.632. The average molecular weight is 396 g/mol. The summed E-state index contributed by atoms with van der Waals surface area (Å²) in [4.78, 5) is 13.0. The smallest absolute Gasteiger partial charge is 0.252 e. The van der Waals surface area contributed by atoms with E-state index < -0.39 is 15.6 Å². The van der Waals surface area contributed by atoms with Crippen molar-refractivity contribution < 1.29 is 17.9 Å². The number of benzene rings is 1. The zero-order valence-corrected chi connectivity index (χ0v) is 16.7. The van der Waals surface area contributed by atoms with Crippen LogP contribution in [0.4, 0.5) is 0 Å². The van der Waals surface area contributed by atoms with E-state index in [0.717, 1.165) is 37.9 Å². The van der Waals surface area contributed by atoms with Gasteiger partial charge in [-0.25, -0.2) is 8.42 Å². The number of methoxy groups -OCH3 is 1. The molecule has 2 aliphatic heterocycles. The highest BCUT2D eigenvalue weighted by Crippen LogP contribution is 2.24. The van der Waals surface area contributed by atoms with E-state index in [1.54, 1.807) is 29.6 Å². The van der Waals surface area contributed by atoms with Crippen LogP contribution in [0.5, 0.6) is 0 Å². The number of carbonyl (C=O) groups is 1. The van der Waals surface area contributed by atoms with Crippen molar-refractivity contribution in [2.24, 2.45) is 0 Å². The van der Waals surface area contributed by atoms with Gasteiger partial charge in [0.25, 0.3) is 5.91 Å². The maximum absolute atomic E-state index is 12.8. The lowest BCUT2D eigenvalue weighted by molar-refractivity contribution is -0.146. The second kappa shape index (κ2) is 8.68. The lowest BCUT2D eigenvalue weighted by Crippen LogP contribution is -2.53. The van der Waals surface area contributed by atoms with Crippen LogP contribution < -0.4 is 10.6 Å². The van der Waals surface area contributed by atoms with Gasteiger partial charge in [-0.3, -0.25) is 4.79 Å². The molecule has 3 rings (SSSR count). The van der Waals surface area contributed by atoms with Gasteiger partial charge in [0.1, 0.15) is 5.60 Å². The Morgan fingerprint density at radius 2 is 1.93 bits per heavy atom. The molecule has 1 amide bonds. The number of piperidine rings is 2. The normalized spacial score (nSPS) is 20.9. The second-order valence-corrected chi connectivity index (χ2v) is 9.18. The fourth-order valence-corrected chi connectivity index (χ4v) is 5.36. The Morgan fingerprint density at radius 1 is 1.22 bits per heavy atom. The second-order valence-electron chi connectivity index (χ2n) is 7.24. The standard InChI is InChI=1S/C19H29N3O4S/c1-26-19(8-10-20-11-9-19)18(23)21-15-16-6-5-7-17(14-16)27(24,25)22-12-3-2-4-13-22/h5-7,14,20H,2-4,8-13,15H2,1H3,(H,21,23). The third-order valence-corrected chi connectivity index (χ3v) is 7.41. The summed E-state index contributed by atoms with van der Waals surface area (Å²) in [6, 6.07) is 6.84. The number of hydrogen-bond donors (Lipinski definition) is 2. The Balaban J connectivity index is 1.68. The molecule has 2 heterocycles. The van der Waals surface area contributed by atoms with E-state index in [1.165, 1.54) is 0 Å². The fourth-order valence-electron chi connectivity index (χ4n) is 3.77. The summed E-state index contributed by atoms with van der Waals surface area (Å²) in [7, 11) is -1.91. The number of rotatable bonds is 6. The van der Waals surface area contributed by atoms with Gasteiger partial charge in [-0.15, -0.1) is 0 Å².